The summed E-state index contributed by atoms with van der Waals surface area (Å²) >= 11 is 0. The number of rotatable bonds is 6. The minimum atomic E-state index is -0.140. The van der Waals surface area contributed by atoms with Gasteiger partial charge in [-0.2, -0.15) is 10.2 Å². The molecule has 10 nitrogen and oxygen atoms in total. The van der Waals surface area contributed by atoms with Crippen LogP contribution in [0.25, 0.3) is 21.8 Å². The molecule has 0 aliphatic carbocycles. The van der Waals surface area contributed by atoms with Crippen LogP contribution in [0.5, 0.6) is 11.5 Å². The van der Waals surface area contributed by atoms with Crippen molar-refractivity contribution in [2.45, 2.75) is 0 Å². The monoisotopic (exact) mass is 609 g/mol. The van der Waals surface area contributed by atoms with E-state index in [4.69, 9.17) is 0 Å². The molecule has 4 aromatic carbocycles. The van der Waals surface area contributed by atoms with E-state index in [-0.39, 0.29) is 39.7 Å². The molecule has 6 rings (SSSR count). The fourth-order valence-corrected chi connectivity index (χ4v) is 4.02. The second-order valence-corrected chi connectivity index (χ2v) is 8.77. The van der Waals surface area contributed by atoms with Gasteiger partial charge in [0.15, 0.2) is 24.1 Å². The first-order valence-electron chi connectivity index (χ1n) is 12.6. The molecule has 0 unspecified atom stereocenters. The van der Waals surface area contributed by atoms with Crippen molar-refractivity contribution in [3.8, 4) is 11.5 Å². The van der Waals surface area contributed by atoms with Crippen molar-refractivity contribution in [1.82, 2.24) is 9.97 Å². The third-order valence-electron chi connectivity index (χ3n) is 6.06. The molecule has 0 aliphatic heterocycles. The second kappa shape index (κ2) is 14.3. The molecule has 2 heterocycles. The molecule has 1 radical (unpaired) electrons. The first-order valence-corrected chi connectivity index (χ1v) is 12.6. The van der Waals surface area contributed by atoms with E-state index in [0.29, 0.717) is 57.1 Å². The Bertz CT molecular complexity index is 1810. The van der Waals surface area contributed by atoms with Crippen molar-refractivity contribution >= 4 is 57.1 Å². The van der Waals surface area contributed by atoms with E-state index in [0.717, 1.165) is 0 Å². The summed E-state index contributed by atoms with van der Waals surface area (Å²) in [4.78, 5) is 30.3. The van der Waals surface area contributed by atoms with E-state index in [1.807, 2.05) is 60.7 Å². The van der Waals surface area contributed by atoms with Crippen molar-refractivity contribution in [2.24, 2.45) is 20.5 Å². The summed E-state index contributed by atoms with van der Waals surface area (Å²) in [5.74, 6) is -0.279. The number of pyridine rings is 2. The summed E-state index contributed by atoms with van der Waals surface area (Å²) in [6, 6.07) is 28.6. The van der Waals surface area contributed by atoms with Crippen LogP contribution in [0.1, 0.15) is 20.7 Å². The first kappa shape index (κ1) is 30.3. The van der Waals surface area contributed by atoms with Crippen molar-refractivity contribution in [1.29, 1.82) is 0 Å². The summed E-state index contributed by atoms with van der Waals surface area (Å²) in [5, 5.41) is 37.9. The molecule has 43 heavy (non-hydrogen) atoms. The second-order valence-electron chi connectivity index (χ2n) is 8.77. The average Bonchev–Trinajstić information content (AvgIpc) is 3.05. The van der Waals surface area contributed by atoms with Gasteiger partial charge in [0.05, 0.1) is 33.9 Å². The smallest absolute Gasteiger partial charge is 0.153 e. The molecule has 11 heteroatoms. The Balaban J connectivity index is 0.000000192. The Morgan fingerprint density at radius 2 is 0.930 bits per heavy atom. The van der Waals surface area contributed by atoms with Crippen LogP contribution in [-0.4, -0.2) is 32.8 Å². The van der Waals surface area contributed by atoms with Gasteiger partial charge in [-0.05, 0) is 60.7 Å². The number of hydrogen-bond acceptors (Lipinski definition) is 10. The largest absolute Gasteiger partial charge is 0.505 e. The average molecular weight is 610 g/mol. The maximum absolute atomic E-state index is 11.0. The molecular formula is C32H22MnN6O4. The van der Waals surface area contributed by atoms with Gasteiger partial charge in [-0.25, -0.2) is 0 Å². The predicted octanol–water partition coefficient (Wildman–Crippen LogP) is 8.33. The van der Waals surface area contributed by atoms with Gasteiger partial charge in [-0.3, -0.25) is 19.6 Å². The van der Waals surface area contributed by atoms with Gasteiger partial charge in [0.25, 0.3) is 0 Å². The van der Waals surface area contributed by atoms with Gasteiger partial charge in [-0.1, -0.05) is 36.4 Å². The van der Waals surface area contributed by atoms with Gasteiger partial charge in [-0.15, -0.1) is 10.2 Å². The number of azo groups is 2. The number of fused-ring (bicyclic) bond motifs is 2. The zero-order valence-corrected chi connectivity index (χ0v) is 23.5. The molecule has 6 aromatic rings. The maximum atomic E-state index is 11.0. The van der Waals surface area contributed by atoms with Crippen LogP contribution < -0.4 is 0 Å². The van der Waals surface area contributed by atoms with Crippen LogP contribution in [-0.2, 0) is 17.1 Å². The van der Waals surface area contributed by atoms with Crippen LogP contribution in [0, 0.1) is 0 Å². The molecule has 0 bridgehead atoms. The number of nitrogens with zero attached hydrogens (tertiary/aromatic N) is 6. The molecule has 211 valence electrons. The SMILES string of the molecule is O=Cc1cc(N=Nc2ccccc2)c2cccnc2c1O.O=Cc1cc(N=Nc2ccccc2)c2cccnc2c1O.[Mn]. The zero-order valence-electron chi connectivity index (χ0n) is 22.3. The van der Waals surface area contributed by atoms with E-state index < -0.39 is 0 Å². The van der Waals surface area contributed by atoms with Crippen LogP contribution in [0.15, 0.2) is 130 Å². The Morgan fingerprint density at radius 1 is 0.535 bits per heavy atom. The Labute approximate surface area is 256 Å². The Morgan fingerprint density at radius 3 is 1.30 bits per heavy atom. The Hall–Kier alpha value is -5.64. The fourth-order valence-electron chi connectivity index (χ4n) is 4.02. The molecule has 0 atom stereocenters. The molecule has 0 fully saturated rings. The molecule has 0 saturated heterocycles. The number of aromatic hydroxyl groups is 2. The molecular weight excluding hydrogens is 587 g/mol. The molecule has 0 aliphatic rings. The van der Waals surface area contributed by atoms with Gasteiger partial charge in [0.1, 0.15) is 11.0 Å². The fraction of sp³-hybridized carbons (Fsp3) is 0. The van der Waals surface area contributed by atoms with Crippen molar-refractivity contribution in [2.75, 3.05) is 0 Å². The molecule has 0 saturated carbocycles. The molecule has 0 spiro atoms. The van der Waals surface area contributed by atoms with Crippen LogP contribution >= 0.6 is 0 Å². The van der Waals surface area contributed by atoms with Gasteiger partial charge in [0.2, 0.25) is 0 Å². The number of phenolic OH excluding ortho intramolecular Hbond substituents is 2. The van der Waals surface area contributed by atoms with Crippen molar-refractivity contribution < 1.29 is 36.9 Å². The third kappa shape index (κ3) is 6.99. The predicted molar refractivity (Wildman–Crippen MR) is 159 cm³/mol. The molecule has 2 aromatic heterocycles. The minimum Gasteiger partial charge on any atom is -0.505 e. The normalized spacial score (nSPS) is 10.8. The third-order valence-corrected chi connectivity index (χ3v) is 6.06. The number of carbonyl (C=O) groups is 2. The van der Waals surface area contributed by atoms with E-state index in [1.54, 1.807) is 36.7 Å². The summed E-state index contributed by atoms with van der Waals surface area (Å²) in [6.45, 7) is 0. The first-order chi connectivity index (χ1) is 20.6. The number of hydrogen-bond donors (Lipinski definition) is 2. The minimum absolute atomic E-state index is 0. The van der Waals surface area contributed by atoms with E-state index in [9.17, 15) is 19.8 Å². The molecule has 2 N–H and O–H groups in total. The summed E-state index contributed by atoms with van der Waals surface area (Å²) in [5.41, 5.74) is 3.34. The van der Waals surface area contributed by atoms with Crippen molar-refractivity contribution in [3.63, 3.8) is 0 Å². The number of carbonyl (C=O) groups excluding carboxylic acids is 2. The maximum Gasteiger partial charge on any atom is 0.153 e. The summed E-state index contributed by atoms with van der Waals surface area (Å²) in [6.07, 6.45) is 4.25. The van der Waals surface area contributed by atoms with E-state index in [1.165, 1.54) is 12.1 Å². The number of phenols is 2. The van der Waals surface area contributed by atoms with E-state index >= 15 is 0 Å². The van der Waals surface area contributed by atoms with E-state index in [2.05, 4.69) is 30.4 Å². The summed E-state index contributed by atoms with van der Waals surface area (Å²) < 4.78 is 0. The van der Waals surface area contributed by atoms with Crippen LogP contribution in [0.2, 0.25) is 0 Å². The topological polar surface area (TPSA) is 150 Å². The van der Waals surface area contributed by atoms with Gasteiger partial charge in [0, 0.05) is 40.2 Å². The number of aldehydes is 2. The standard InChI is InChI=1S/2C16H11N3O2.Mn/c2*20-10-11-9-14(19-18-12-5-2-1-3-6-12)13-7-4-8-17-15(13)16(11)21;/h2*1-10,21H;. The zero-order chi connectivity index (χ0) is 29.3. The quantitative estimate of drug-likeness (QED) is 0.110. The number of aromatic nitrogens is 2. The Kier molecular flexibility index (Phi) is 10.1. The van der Waals surface area contributed by atoms with Gasteiger partial charge >= 0.3 is 0 Å². The van der Waals surface area contributed by atoms with Gasteiger partial charge < -0.3 is 10.2 Å². The molecule has 0 amide bonds. The van der Waals surface area contributed by atoms with Crippen LogP contribution in [0.4, 0.5) is 22.7 Å². The number of benzene rings is 4. The van der Waals surface area contributed by atoms with Crippen LogP contribution in [0.3, 0.4) is 0 Å². The van der Waals surface area contributed by atoms with Crippen molar-refractivity contribution in [3.05, 3.63) is 121 Å². The summed E-state index contributed by atoms with van der Waals surface area (Å²) in [7, 11) is 0.